The summed E-state index contributed by atoms with van der Waals surface area (Å²) in [5.74, 6) is 1.95. The number of carbonyl (C=O) groups excluding carboxylic acids is 1. The molecular formula is C23H19N3O3S. The van der Waals surface area contributed by atoms with Crippen molar-refractivity contribution in [1.29, 1.82) is 0 Å². The predicted molar refractivity (Wildman–Crippen MR) is 114 cm³/mol. The Balaban J connectivity index is 1.16. The number of benzene rings is 2. The molecule has 1 aliphatic rings. The molecule has 0 saturated carbocycles. The molecule has 0 aliphatic carbocycles. The summed E-state index contributed by atoms with van der Waals surface area (Å²) in [4.78, 5) is 19.6. The molecule has 150 valence electrons. The van der Waals surface area contributed by atoms with E-state index in [1.165, 1.54) is 0 Å². The SMILES string of the molecule is O=C(Cc1cccs1)N1CC(Oc2ccc(-c3noc(-c4ccccc4)n3)cc2)C1. The van der Waals surface area contributed by atoms with Crippen LogP contribution >= 0.6 is 11.3 Å². The van der Waals surface area contributed by atoms with Crippen molar-refractivity contribution in [3.8, 4) is 28.6 Å². The Morgan fingerprint density at radius 1 is 1.03 bits per heavy atom. The van der Waals surface area contributed by atoms with Crippen molar-refractivity contribution in [2.45, 2.75) is 12.5 Å². The maximum Gasteiger partial charge on any atom is 0.258 e. The lowest BCUT2D eigenvalue weighted by molar-refractivity contribution is -0.139. The standard InChI is InChI=1S/C23H19N3O3S/c27-21(13-20-7-4-12-30-20)26-14-19(15-26)28-18-10-8-16(9-11-18)22-24-23(29-25-22)17-5-2-1-3-6-17/h1-12,19H,13-15H2. The number of amides is 1. The van der Waals surface area contributed by atoms with Crippen LogP contribution in [0.5, 0.6) is 5.75 Å². The monoisotopic (exact) mass is 417 g/mol. The molecule has 0 N–H and O–H groups in total. The number of hydrogen-bond donors (Lipinski definition) is 0. The van der Waals surface area contributed by atoms with Gasteiger partial charge in [0.25, 0.3) is 5.89 Å². The normalized spacial score (nSPS) is 13.8. The summed E-state index contributed by atoms with van der Waals surface area (Å²) >= 11 is 1.61. The van der Waals surface area contributed by atoms with Gasteiger partial charge in [-0.15, -0.1) is 11.3 Å². The molecule has 0 radical (unpaired) electrons. The molecule has 7 heteroatoms. The molecule has 0 unspecified atom stereocenters. The average Bonchev–Trinajstić information content (AvgIpc) is 3.44. The third-order valence-corrected chi connectivity index (χ3v) is 5.84. The molecule has 30 heavy (non-hydrogen) atoms. The second kappa shape index (κ2) is 8.12. The quantitative estimate of drug-likeness (QED) is 0.468. The van der Waals surface area contributed by atoms with E-state index in [9.17, 15) is 4.79 Å². The van der Waals surface area contributed by atoms with Gasteiger partial charge in [-0.1, -0.05) is 29.4 Å². The van der Waals surface area contributed by atoms with E-state index in [0.717, 1.165) is 21.8 Å². The Morgan fingerprint density at radius 2 is 1.83 bits per heavy atom. The van der Waals surface area contributed by atoms with Crippen molar-refractivity contribution in [2.75, 3.05) is 13.1 Å². The number of rotatable bonds is 6. The largest absolute Gasteiger partial charge is 0.487 e. The van der Waals surface area contributed by atoms with Crippen LogP contribution in [0.3, 0.4) is 0 Å². The Hall–Kier alpha value is -3.45. The lowest BCUT2D eigenvalue weighted by Crippen LogP contribution is -2.56. The highest BCUT2D eigenvalue weighted by Crippen LogP contribution is 2.25. The van der Waals surface area contributed by atoms with E-state index in [1.54, 1.807) is 11.3 Å². The van der Waals surface area contributed by atoms with Gasteiger partial charge in [0.05, 0.1) is 19.5 Å². The molecule has 6 nitrogen and oxygen atoms in total. The number of ether oxygens (including phenoxy) is 1. The molecular weight excluding hydrogens is 398 g/mol. The predicted octanol–water partition coefficient (Wildman–Crippen LogP) is 4.30. The van der Waals surface area contributed by atoms with Gasteiger partial charge >= 0.3 is 0 Å². The van der Waals surface area contributed by atoms with Gasteiger partial charge in [0.2, 0.25) is 11.7 Å². The van der Waals surface area contributed by atoms with Crippen LogP contribution in [0.2, 0.25) is 0 Å². The van der Waals surface area contributed by atoms with Crippen LogP contribution in [-0.2, 0) is 11.2 Å². The first-order valence-corrected chi connectivity index (χ1v) is 10.6. The zero-order valence-electron chi connectivity index (χ0n) is 16.1. The first-order chi connectivity index (χ1) is 14.7. The van der Waals surface area contributed by atoms with Gasteiger partial charge in [0, 0.05) is 16.0 Å². The molecule has 4 aromatic rings. The van der Waals surface area contributed by atoms with E-state index < -0.39 is 0 Å². The van der Waals surface area contributed by atoms with Crippen molar-refractivity contribution in [3.05, 3.63) is 77.0 Å². The first kappa shape index (κ1) is 18.6. The molecule has 0 spiro atoms. The average molecular weight is 417 g/mol. The molecule has 5 rings (SSSR count). The summed E-state index contributed by atoms with van der Waals surface area (Å²) in [6.07, 6.45) is 0.493. The second-order valence-electron chi connectivity index (χ2n) is 7.11. The molecule has 3 heterocycles. The van der Waals surface area contributed by atoms with Crippen molar-refractivity contribution < 1.29 is 14.1 Å². The lowest BCUT2D eigenvalue weighted by atomic mass is 10.1. The van der Waals surface area contributed by atoms with E-state index in [-0.39, 0.29) is 12.0 Å². The third-order valence-electron chi connectivity index (χ3n) is 4.97. The van der Waals surface area contributed by atoms with Crippen molar-refractivity contribution in [1.82, 2.24) is 15.0 Å². The minimum atomic E-state index is 0.0259. The molecule has 1 amide bonds. The molecule has 1 aliphatic heterocycles. The fraction of sp³-hybridized carbons (Fsp3) is 0.174. The number of likely N-dealkylation sites (tertiary alicyclic amines) is 1. The molecule has 1 fully saturated rings. The zero-order chi connectivity index (χ0) is 20.3. The molecule has 1 saturated heterocycles. The maximum atomic E-state index is 12.3. The molecule has 2 aromatic carbocycles. The van der Waals surface area contributed by atoms with Crippen LogP contribution in [-0.4, -0.2) is 40.1 Å². The summed E-state index contributed by atoms with van der Waals surface area (Å²) in [7, 11) is 0. The number of carbonyl (C=O) groups is 1. The topological polar surface area (TPSA) is 68.5 Å². The third kappa shape index (κ3) is 3.97. The summed E-state index contributed by atoms with van der Waals surface area (Å²) in [5.41, 5.74) is 1.74. The Kier molecular flexibility index (Phi) is 5.03. The van der Waals surface area contributed by atoms with Crippen LogP contribution < -0.4 is 4.74 Å². The van der Waals surface area contributed by atoms with Gasteiger partial charge in [-0.05, 0) is 47.8 Å². The Labute approximate surface area is 177 Å². The van der Waals surface area contributed by atoms with Crippen LogP contribution in [0, 0.1) is 0 Å². The van der Waals surface area contributed by atoms with Crippen molar-refractivity contribution in [2.24, 2.45) is 0 Å². The van der Waals surface area contributed by atoms with E-state index in [2.05, 4.69) is 10.1 Å². The summed E-state index contributed by atoms with van der Waals surface area (Å²) < 4.78 is 11.3. The fourth-order valence-corrected chi connectivity index (χ4v) is 4.00. The van der Waals surface area contributed by atoms with Gasteiger partial charge in [0.1, 0.15) is 11.9 Å². The summed E-state index contributed by atoms with van der Waals surface area (Å²) in [5, 5.41) is 6.06. The van der Waals surface area contributed by atoms with E-state index in [1.807, 2.05) is 77.0 Å². The summed E-state index contributed by atoms with van der Waals surface area (Å²) in [6.45, 7) is 1.24. The fourth-order valence-electron chi connectivity index (χ4n) is 3.30. The van der Waals surface area contributed by atoms with E-state index in [0.29, 0.717) is 31.2 Å². The van der Waals surface area contributed by atoms with Gasteiger partial charge in [-0.2, -0.15) is 4.98 Å². The number of aromatic nitrogens is 2. The minimum Gasteiger partial charge on any atom is -0.487 e. The highest BCUT2D eigenvalue weighted by atomic mass is 32.1. The van der Waals surface area contributed by atoms with Gasteiger partial charge in [-0.3, -0.25) is 4.79 Å². The van der Waals surface area contributed by atoms with E-state index in [4.69, 9.17) is 9.26 Å². The molecule has 0 atom stereocenters. The highest BCUT2D eigenvalue weighted by molar-refractivity contribution is 7.10. The smallest absolute Gasteiger partial charge is 0.258 e. The van der Waals surface area contributed by atoms with Crippen LogP contribution in [0.25, 0.3) is 22.8 Å². The van der Waals surface area contributed by atoms with Gasteiger partial charge < -0.3 is 14.2 Å². The minimum absolute atomic E-state index is 0.0259. The van der Waals surface area contributed by atoms with Crippen LogP contribution in [0.4, 0.5) is 0 Å². The number of hydrogen-bond acceptors (Lipinski definition) is 6. The number of thiophene rings is 1. The lowest BCUT2D eigenvalue weighted by Gasteiger charge is -2.39. The van der Waals surface area contributed by atoms with E-state index >= 15 is 0 Å². The van der Waals surface area contributed by atoms with Crippen LogP contribution in [0.1, 0.15) is 4.88 Å². The Bertz CT molecular complexity index is 1120. The number of nitrogens with zero attached hydrogens (tertiary/aromatic N) is 3. The summed E-state index contributed by atoms with van der Waals surface area (Å²) in [6, 6.07) is 21.2. The maximum absolute atomic E-state index is 12.3. The second-order valence-corrected chi connectivity index (χ2v) is 8.14. The molecule has 0 bridgehead atoms. The van der Waals surface area contributed by atoms with Gasteiger partial charge in [-0.25, -0.2) is 0 Å². The van der Waals surface area contributed by atoms with Crippen molar-refractivity contribution in [3.63, 3.8) is 0 Å². The van der Waals surface area contributed by atoms with Crippen molar-refractivity contribution >= 4 is 17.2 Å². The molecule has 2 aromatic heterocycles. The Morgan fingerprint density at radius 3 is 2.57 bits per heavy atom. The zero-order valence-corrected chi connectivity index (χ0v) is 16.9. The van der Waals surface area contributed by atoms with Gasteiger partial charge in [0.15, 0.2) is 0 Å². The highest BCUT2D eigenvalue weighted by Gasteiger charge is 2.32. The van der Waals surface area contributed by atoms with Crippen LogP contribution in [0.15, 0.2) is 76.6 Å². The first-order valence-electron chi connectivity index (χ1n) is 9.71.